The van der Waals surface area contributed by atoms with Crippen molar-refractivity contribution in [2.45, 2.75) is 57.6 Å². The van der Waals surface area contributed by atoms with Gasteiger partial charge in [-0.15, -0.1) is 0 Å². The maximum Gasteiger partial charge on any atom is 0.338 e. The molecular formula is C23H26O7. The minimum Gasteiger partial charge on any atom is -0.452 e. The molecule has 3 rings (SSSR count). The minimum atomic E-state index is -1.34. The molecule has 1 aliphatic rings. The van der Waals surface area contributed by atoms with Gasteiger partial charge in [0.05, 0.1) is 23.3 Å². The molecule has 0 amide bonds. The van der Waals surface area contributed by atoms with Crippen LogP contribution in [0.5, 0.6) is 0 Å². The Labute approximate surface area is 175 Å². The zero-order valence-corrected chi connectivity index (χ0v) is 17.1. The van der Waals surface area contributed by atoms with Gasteiger partial charge < -0.3 is 24.1 Å². The van der Waals surface area contributed by atoms with Crippen LogP contribution in [-0.4, -0.2) is 53.9 Å². The molecule has 1 heterocycles. The van der Waals surface area contributed by atoms with Crippen LogP contribution < -0.4 is 0 Å². The fourth-order valence-electron chi connectivity index (χ4n) is 3.20. The molecule has 0 aromatic heterocycles. The van der Waals surface area contributed by atoms with Crippen LogP contribution in [0, 0.1) is 0 Å². The number of esters is 2. The Balaban J connectivity index is 1.83. The lowest BCUT2D eigenvalue weighted by Gasteiger charge is -2.42. The number of hydrogen-bond acceptors (Lipinski definition) is 7. The number of carbonyl (C=O) groups is 2. The van der Waals surface area contributed by atoms with E-state index in [0.717, 1.165) is 0 Å². The van der Waals surface area contributed by atoms with Gasteiger partial charge in [0.15, 0.2) is 18.5 Å². The number of carbonyl (C=O) groups excluding carboxylic acids is 2. The van der Waals surface area contributed by atoms with Crippen molar-refractivity contribution >= 4 is 11.9 Å². The van der Waals surface area contributed by atoms with Crippen LogP contribution in [0.4, 0.5) is 0 Å². The van der Waals surface area contributed by atoms with E-state index >= 15 is 0 Å². The molecule has 0 spiro atoms. The normalized spacial score (nSPS) is 26.2. The number of rotatable bonds is 6. The standard InChI is InChI=1S/C23H26O7/c1-14(2)27-23-18(24)20(30-22(26)17-12-8-5-9-13-17)19(15(3)28-23)29-21(25)16-10-6-4-7-11-16/h4-15,18-20,23-24H,1-3H3/t15-,18-,19-,20-,23-/m0/s1. The second-order valence-corrected chi connectivity index (χ2v) is 7.36. The first-order valence-corrected chi connectivity index (χ1v) is 9.88. The van der Waals surface area contributed by atoms with Crippen molar-refractivity contribution in [2.24, 2.45) is 0 Å². The second kappa shape index (κ2) is 9.84. The molecule has 2 aromatic carbocycles. The quantitative estimate of drug-likeness (QED) is 0.727. The molecule has 160 valence electrons. The van der Waals surface area contributed by atoms with E-state index < -0.39 is 42.6 Å². The zero-order chi connectivity index (χ0) is 21.7. The van der Waals surface area contributed by atoms with E-state index in [2.05, 4.69) is 0 Å². The molecule has 7 heteroatoms. The van der Waals surface area contributed by atoms with Crippen molar-refractivity contribution in [1.82, 2.24) is 0 Å². The maximum absolute atomic E-state index is 12.6. The third-order valence-electron chi connectivity index (χ3n) is 4.66. The van der Waals surface area contributed by atoms with Crippen LogP contribution >= 0.6 is 0 Å². The fraction of sp³-hybridized carbons (Fsp3) is 0.391. The Kier molecular flexibility index (Phi) is 7.20. The molecule has 7 nitrogen and oxygen atoms in total. The lowest BCUT2D eigenvalue weighted by Crippen LogP contribution is -2.60. The highest BCUT2D eigenvalue weighted by atomic mass is 16.7. The third kappa shape index (κ3) is 5.24. The van der Waals surface area contributed by atoms with Crippen LogP contribution in [-0.2, 0) is 18.9 Å². The van der Waals surface area contributed by atoms with Crippen molar-refractivity contribution < 1.29 is 33.6 Å². The van der Waals surface area contributed by atoms with E-state index in [1.54, 1.807) is 81.4 Å². The van der Waals surface area contributed by atoms with Gasteiger partial charge >= 0.3 is 11.9 Å². The molecule has 1 N–H and O–H groups in total. The molecule has 1 saturated heterocycles. The molecular weight excluding hydrogens is 388 g/mol. The van der Waals surface area contributed by atoms with Gasteiger partial charge in [0, 0.05) is 0 Å². The Morgan fingerprint density at radius 1 is 0.867 bits per heavy atom. The molecule has 0 bridgehead atoms. The summed E-state index contributed by atoms with van der Waals surface area (Å²) in [5.41, 5.74) is 0.659. The van der Waals surface area contributed by atoms with Crippen molar-refractivity contribution in [3.63, 3.8) is 0 Å². The Hall–Kier alpha value is -2.74. The number of benzene rings is 2. The SMILES string of the molecule is CC(C)O[C@H]1O[C@@H](C)[C@H](OC(=O)c2ccccc2)[C@@H](OC(=O)c2ccccc2)[C@@H]1O. The van der Waals surface area contributed by atoms with Crippen LogP contribution in [0.15, 0.2) is 60.7 Å². The molecule has 1 aliphatic heterocycles. The fourth-order valence-corrected chi connectivity index (χ4v) is 3.20. The van der Waals surface area contributed by atoms with Crippen molar-refractivity contribution in [3.05, 3.63) is 71.8 Å². The van der Waals surface area contributed by atoms with Crippen molar-refractivity contribution in [3.8, 4) is 0 Å². The Morgan fingerprint density at radius 2 is 1.33 bits per heavy atom. The monoisotopic (exact) mass is 414 g/mol. The predicted molar refractivity (Wildman–Crippen MR) is 108 cm³/mol. The van der Waals surface area contributed by atoms with Gasteiger partial charge in [0.1, 0.15) is 6.10 Å². The molecule has 30 heavy (non-hydrogen) atoms. The Bertz CT molecular complexity index is 837. The van der Waals surface area contributed by atoms with Gasteiger partial charge in [0.2, 0.25) is 0 Å². The van der Waals surface area contributed by atoms with E-state index in [1.807, 2.05) is 0 Å². The summed E-state index contributed by atoms with van der Waals surface area (Å²) in [6, 6.07) is 16.8. The predicted octanol–water partition coefficient (Wildman–Crippen LogP) is 2.97. The topological polar surface area (TPSA) is 91.3 Å². The van der Waals surface area contributed by atoms with Gasteiger partial charge in [-0.1, -0.05) is 36.4 Å². The van der Waals surface area contributed by atoms with E-state index in [-0.39, 0.29) is 6.10 Å². The average molecular weight is 414 g/mol. The van der Waals surface area contributed by atoms with Crippen LogP contribution in [0.25, 0.3) is 0 Å². The van der Waals surface area contributed by atoms with Gasteiger partial charge in [0.25, 0.3) is 0 Å². The molecule has 5 atom stereocenters. The summed E-state index contributed by atoms with van der Waals surface area (Å²) in [5, 5.41) is 10.8. The number of ether oxygens (including phenoxy) is 4. The molecule has 0 aliphatic carbocycles. The van der Waals surface area contributed by atoms with Gasteiger partial charge in [-0.05, 0) is 45.0 Å². The maximum atomic E-state index is 12.6. The lowest BCUT2D eigenvalue weighted by atomic mass is 9.98. The van der Waals surface area contributed by atoms with Gasteiger partial charge in [-0.25, -0.2) is 9.59 Å². The third-order valence-corrected chi connectivity index (χ3v) is 4.66. The molecule has 0 radical (unpaired) electrons. The lowest BCUT2D eigenvalue weighted by molar-refractivity contribution is -0.299. The second-order valence-electron chi connectivity index (χ2n) is 7.36. The van der Waals surface area contributed by atoms with Gasteiger partial charge in [-0.3, -0.25) is 0 Å². The minimum absolute atomic E-state index is 0.231. The summed E-state index contributed by atoms with van der Waals surface area (Å²) in [6.45, 7) is 5.27. The first-order chi connectivity index (χ1) is 14.4. The largest absolute Gasteiger partial charge is 0.452 e. The van der Waals surface area contributed by atoms with Crippen LogP contribution in [0.3, 0.4) is 0 Å². The summed E-state index contributed by atoms with van der Waals surface area (Å²) >= 11 is 0. The summed E-state index contributed by atoms with van der Waals surface area (Å²) in [5.74, 6) is -1.25. The number of hydrogen-bond donors (Lipinski definition) is 1. The highest BCUT2D eigenvalue weighted by molar-refractivity contribution is 5.90. The first kappa shape index (κ1) is 22.0. The van der Waals surface area contributed by atoms with E-state index in [9.17, 15) is 14.7 Å². The van der Waals surface area contributed by atoms with E-state index in [0.29, 0.717) is 11.1 Å². The average Bonchev–Trinajstić information content (AvgIpc) is 2.74. The van der Waals surface area contributed by atoms with Crippen LogP contribution in [0.2, 0.25) is 0 Å². The molecule has 0 saturated carbocycles. The van der Waals surface area contributed by atoms with Crippen molar-refractivity contribution in [2.75, 3.05) is 0 Å². The van der Waals surface area contributed by atoms with E-state index in [4.69, 9.17) is 18.9 Å². The van der Waals surface area contributed by atoms with E-state index in [1.165, 1.54) is 0 Å². The number of aliphatic hydroxyl groups excluding tert-OH is 1. The van der Waals surface area contributed by atoms with Crippen molar-refractivity contribution in [1.29, 1.82) is 0 Å². The summed E-state index contributed by atoms with van der Waals surface area (Å²) in [6.07, 6.45) is -5.47. The molecule has 0 unspecified atom stereocenters. The number of aliphatic hydroxyl groups is 1. The van der Waals surface area contributed by atoms with Crippen LogP contribution in [0.1, 0.15) is 41.5 Å². The highest BCUT2D eigenvalue weighted by Crippen LogP contribution is 2.28. The summed E-state index contributed by atoms with van der Waals surface area (Å²) < 4.78 is 22.6. The van der Waals surface area contributed by atoms with Gasteiger partial charge in [-0.2, -0.15) is 0 Å². The highest BCUT2D eigenvalue weighted by Gasteiger charge is 2.49. The summed E-state index contributed by atoms with van der Waals surface area (Å²) in [4.78, 5) is 25.2. The summed E-state index contributed by atoms with van der Waals surface area (Å²) in [7, 11) is 0. The Morgan fingerprint density at radius 3 is 1.80 bits per heavy atom. The zero-order valence-electron chi connectivity index (χ0n) is 17.1. The molecule has 2 aromatic rings. The first-order valence-electron chi connectivity index (χ1n) is 9.88. The molecule has 1 fully saturated rings. The smallest absolute Gasteiger partial charge is 0.338 e.